The number of hydrogen-bond acceptors (Lipinski definition) is 3. The zero-order chi connectivity index (χ0) is 14.6. The first kappa shape index (κ1) is 14.3. The van der Waals surface area contributed by atoms with Crippen molar-refractivity contribution in [2.45, 2.75) is 31.2 Å². The lowest BCUT2D eigenvalue weighted by molar-refractivity contribution is -0.118. The van der Waals surface area contributed by atoms with Crippen molar-refractivity contribution in [1.82, 2.24) is 5.32 Å². The molecule has 6 heteroatoms. The monoisotopic (exact) mass is 276 g/mol. The van der Waals surface area contributed by atoms with Crippen molar-refractivity contribution in [3.8, 4) is 0 Å². The van der Waals surface area contributed by atoms with E-state index in [0.717, 1.165) is 19.3 Å². The van der Waals surface area contributed by atoms with Crippen molar-refractivity contribution in [2.75, 3.05) is 17.7 Å². The van der Waals surface area contributed by atoms with Crippen molar-refractivity contribution in [3.63, 3.8) is 0 Å². The summed E-state index contributed by atoms with van der Waals surface area (Å²) in [5.41, 5.74) is 7.08. The second-order valence-corrected chi connectivity index (χ2v) is 5.22. The minimum absolute atomic E-state index is 0.0702. The number of rotatable bonds is 4. The molecular weight excluding hydrogens is 256 g/mol. The molecule has 2 rings (SSSR count). The zero-order valence-corrected chi connectivity index (χ0v) is 11.5. The Morgan fingerprint density at radius 3 is 2.15 bits per heavy atom. The van der Waals surface area contributed by atoms with Gasteiger partial charge in [0.05, 0.1) is 0 Å². The predicted molar refractivity (Wildman–Crippen MR) is 78.5 cm³/mol. The number of nitrogens with one attached hydrogen (secondary N) is 3. The van der Waals surface area contributed by atoms with E-state index < -0.39 is 0 Å². The lowest BCUT2D eigenvalue weighted by atomic mass is 9.75. The van der Waals surface area contributed by atoms with Gasteiger partial charge >= 0.3 is 6.03 Å². The average Bonchev–Trinajstić information content (AvgIpc) is 2.39. The first-order valence-electron chi connectivity index (χ1n) is 6.68. The van der Waals surface area contributed by atoms with Gasteiger partial charge in [0.1, 0.15) is 0 Å². The molecule has 1 aliphatic carbocycles. The van der Waals surface area contributed by atoms with Crippen LogP contribution in [-0.2, 0) is 4.79 Å². The second-order valence-electron chi connectivity index (χ2n) is 5.22. The molecule has 1 fully saturated rings. The number of amides is 3. The molecule has 0 bridgehead atoms. The van der Waals surface area contributed by atoms with Gasteiger partial charge in [-0.05, 0) is 43.5 Å². The summed E-state index contributed by atoms with van der Waals surface area (Å²) in [7, 11) is 1.55. The maximum Gasteiger partial charge on any atom is 0.318 e. The number of anilines is 2. The van der Waals surface area contributed by atoms with Gasteiger partial charge < -0.3 is 21.7 Å². The van der Waals surface area contributed by atoms with Crippen LogP contribution in [0.5, 0.6) is 0 Å². The third-order valence-corrected chi connectivity index (χ3v) is 3.52. The largest absolute Gasteiger partial charge is 0.341 e. The first-order chi connectivity index (χ1) is 9.50. The molecule has 1 saturated carbocycles. The predicted octanol–water partition coefficient (Wildman–Crippen LogP) is 1.65. The van der Waals surface area contributed by atoms with Crippen LogP contribution in [-0.4, -0.2) is 24.5 Å². The Morgan fingerprint density at radius 2 is 1.70 bits per heavy atom. The quantitative estimate of drug-likeness (QED) is 0.673. The summed E-state index contributed by atoms with van der Waals surface area (Å²) in [5.74, 6) is -0.0702. The van der Waals surface area contributed by atoms with Gasteiger partial charge in [0.15, 0.2) is 0 Å². The Morgan fingerprint density at radius 1 is 1.15 bits per heavy atom. The number of carbonyl (C=O) groups is 2. The molecule has 1 aromatic rings. The highest BCUT2D eigenvalue weighted by atomic mass is 16.2. The second kappa shape index (κ2) is 5.92. The van der Waals surface area contributed by atoms with E-state index in [1.54, 1.807) is 31.3 Å². The van der Waals surface area contributed by atoms with E-state index in [1.165, 1.54) is 0 Å². The minimum atomic E-state index is -0.315. The van der Waals surface area contributed by atoms with Crippen LogP contribution in [0.15, 0.2) is 24.3 Å². The summed E-state index contributed by atoms with van der Waals surface area (Å²) in [4.78, 5) is 23.0. The highest BCUT2D eigenvalue weighted by Gasteiger charge is 2.34. The Balaban J connectivity index is 1.86. The Kier molecular flexibility index (Phi) is 4.24. The van der Waals surface area contributed by atoms with E-state index in [0.29, 0.717) is 17.8 Å². The van der Waals surface area contributed by atoms with Gasteiger partial charge in [-0.3, -0.25) is 4.79 Å². The molecule has 108 valence electrons. The van der Waals surface area contributed by atoms with E-state index >= 15 is 0 Å². The molecule has 5 N–H and O–H groups in total. The number of carbonyl (C=O) groups excluding carboxylic acids is 2. The van der Waals surface area contributed by atoms with Crippen molar-refractivity contribution in [1.29, 1.82) is 0 Å². The molecule has 0 aromatic heterocycles. The topological polar surface area (TPSA) is 96.2 Å². The van der Waals surface area contributed by atoms with Crippen molar-refractivity contribution in [2.24, 2.45) is 5.73 Å². The van der Waals surface area contributed by atoms with E-state index in [-0.39, 0.29) is 17.5 Å². The highest BCUT2D eigenvalue weighted by Crippen LogP contribution is 2.32. The maximum atomic E-state index is 11.9. The van der Waals surface area contributed by atoms with E-state index in [9.17, 15) is 9.59 Å². The van der Waals surface area contributed by atoms with E-state index in [1.807, 2.05) is 0 Å². The molecule has 1 aliphatic rings. The van der Waals surface area contributed by atoms with Crippen LogP contribution in [0.2, 0.25) is 0 Å². The smallest absolute Gasteiger partial charge is 0.318 e. The fraction of sp³-hybridized carbons (Fsp3) is 0.429. The van der Waals surface area contributed by atoms with Crippen LogP contribution in [0.4, 0.5) is 16.2 Å². The van der Waals surface area contributed by atoms with Crippen LogP contribution >= 0.6 is 0 Å². The molecule has 0 radical (unpaired) electrons. The molecule has 3 amide bonds. The number of hydrogen-bond donors (Lipinski definition) is 4. The summed E-state index contributed by atoms with van der Waals surface area (Å²) < 4.78 is 0. The molecule has 6 nitrogen and oxygen atoms in total. The maximum absolute atomic E-state index is 11.9. The van der Waals surface area contributed by atoms with Crippen molar-refractivity contribution >= 4 is 23.3 Å². The zero-order valence-electron chi connectivity index (χ0n) is 11.5. The van der Waals surface area contributed by atoms with E-state index in [2.05, 4.69) is 16.0 Å². The molecule has 0 saturated heterocycles. The van der Waals surface area contributed by atoms with Gasteiger partial charge in [-0.1, -0.05) is 0 Å². The van der Waals surface area contributed by atoms with Crippen LogP contribution in [0.25, 0.3) is 0 Å². The van der Waals surface area contributed by atoms with Gasteiger partial charge in [0.2, 0.25) is 5.91 Å². The fourth-order valence-corrected chi connectivity index (χ4v) is 2.16. The van der Waals surface area contributed by atoms with Gasteiger partial charge in [0.25, 0.3) is 0 Å². The molecule has 0 atom stereocenters. The van der Waals surface area contributed by atoms with E-state index in [4.69, 9.17) is 5.73 Å². The molecule has 20 heavy (non-hydrogen) atoms. The third kappa shape index (κ3) is 3.71. The van der Waals surface area contributed by atoms with Gasteiger partial charge in [-0.15, -0.1) is 0 Å². The molecule has 0 aliphatic heterocycles. The normalized spacial score (nSPS) is 15.9. The fourth-order valence-electron chi connectivity index (χ4n) is 2.16. The van der Waals surface area contributed by atoms with Crippen LogP contribution in [0.1, 0.15) is 25.7 Å². The summed E-state index contributed by atoms with van der Waals surface area (Å²) in [6.07, 6.45) is 3.28. The minimum Gasteiger partial charge on any atom is -0.341 e. The first-order valence-corrected chi connectivity index (χ1v) is 6.68. The Labute approximate surface area is 118 Å². The van der Waals surface area contributed by atoms with Crippen molar-refractivity contribution in [3.05, 3.63) is 24.3 Å². The lowest BCUT2D eigenvalue weighted by Gasteiger charge is -2.37. The molecule has 0 spiro atoms. The van der Waals surface area contributed by atoms with Crippen molar-refractivity contribution < 1.29 is 9.59 Å². The van der Waals surface area contributed by atoms with Gasteiger partial charge in [-0.25, -0.2) is 4.79 Å². The van der Waals surface area contributed by atoms with Crippen LogP contribution in [0.3, 0.4) is 0 Å². The summed E-state index contributed by atoms with van der Waals surface area (Å²) in [6.45, 7) is 0. The molecule has 0 heterocycles. The number of urea groups is 1. The summed E-state index contributed by atoms with van der Waals surface area (Å²) in [6, 6.07) is 6.66. The SMILES string of the molecule is CNC(=O)Nc1ccc(NC(=O)CC2(N)CCC2)cc1. The lowest BCUT2D eigenvalue weighted by Crippen LogP contribution is -2.48. The van der Waals surface area contributed by atoms with Crippen LogP contribution in [0, 0.1) is 0 Å². The van der Waals surface area contributed by atoms with Crippen LogP contribution < -0.4 is 21.7 Å². The summed E-state index contributed by atoms with van der Waals surface area (Å²) in [5, 5.41) is 7.92. The standard InChI is InChI=1S/C14H20N4O2/c1-16-13(20)18-11-5-3-10(4-6-11)17-12(19)9-14(15)7-2-8-14/h3-6H,2,7-9,15H2,1H3,(H,17,19)(H2,16,18,20). The molecule has 1 aromatic carbocycles. The third-order valence-electron chi connectivity index (χ3n) is 3.52. The van der Waals surface area contributed by atoms with Gasteiger partial charge in [0, 0.05) is 30.4 Å². The Hall–Kier alpha value is -2.08. The number of benzene rings is 1. The Bertz CT molecular complexity index is 494. The average molecular weight is 276 g/mol. The molecular formula is C14H20N4O2. The summed E-state index contributed by atoms with van der Waals surface area (Å²) >= 11 is 0. The number of nitrogens with two attached hydrogens (primary N) is 1. The van der Waals surface area contributed by atoms with Gasteiger partial charge in [-0.2, -0.15) is 0 Å². The highest BCUT2D eigenvalue weighted by molar-refractivity contribution is 5.92. The molecule has 0 unspecified atom stereocenters.